The topological polar surface area (TPSA) is 19.4 Å². The fraction of sp³-hybridized carbons (Fsp3) is 0.325. The summed E-state index contributed by atoms with van der Waals surface area (Å²) < 4.78 is 294. The van der Waals surface area contributed by atoms with Crippen molar-refractivity contribution in [2.24, 2.45) is 46.6 Å². The van der Waals surface area contributed by atoms with Crippen molar-refractivity contribution in [1.29, 1.82) is 0 Å². The molecule has 0 N–H and O–H groups in total. The normalized spacial score (nSPS) is 18.7. The molecule has 672 valence electrons. The molecule has 0 radical (unpaired) electrons. The Morgan fingerprint density at radius 3 is 1.00 bits per heavy atom. The predicted molar refractivity (Wildman–Crippen MR) is 557 cm³/mol. The quantitative estimate of drug-likeness (QED) is 0.0912. The van der Waals surface area contributed by atoms with E-state index in [2.05, 4.69) is 0 Å². The van der Waals surface area contributed by atoms with Gasteiger partial charge < -0.3 is 0 Å². The summed E-state index contributed by atoms with van der Waals surface area (Å²) in [6.45, 7) is -2.38. The average molecular weight is 1770 g/mol. The van der Waals surface area contributed by atoms with Crippen molar-refractivity contribution in [3.8, 4) is 112 Å². The lowest BCUT2D eigenvalue weighted by Crippen LogP contribution is -2.32. The Balaban J connectivity index is 0.000000171. The zero-order chi connectivity index (χ0) is 123. The first-order valence-electron chi connectivity index (χ1n) is 62.7. The molecule has 0 saturated heterocycles. The zero-order valence-corrected chi connectivity index (χ0v) is 78.7. The second-order valence-corrected chi connectivity index (χ2v) is 36.3. The molecular weight excluding hydrogens is 1580 g/mol. The van der Waals surface area contributed by atoms with Crippen LogP contribution in [0.25, 0.3) is 112 Å². The molecule has 131 heavy (non-hydrogen) atoms. The second kappa shape index (κ2) is 42.9. The Labute approximate surface area is 838 Å². The molecule has 2 saturated carbocycles. The van der Waals surface area contributed by atoms with Crippen molar-refractivity contribution in [3.05, 3.63) is 385 Å². The number of hydrogen-bond donors (Lipinski definition) is 0. The Hall–Kier alpha value is -12.1. The third-order valence-electron chi connectivity index (χ3n) is 25.4. The fourth-order valence-corrected chi connectivity index (χ4v) is 17.6. The first-order valence-corrected chi connectivity index (χ1v) is 45.2. The third-order valence-corrected chi connectivity index (χ3v) is 25.4. The van der Waals surface area contributed by atoms with Gasteiger partial charge in [-0.3, -0.25) is 0 Å². The maximum Gasteiger partial charge on any atom is 0.212 e. The highest BCUT2D eigenvalue weighted by atomic mass is 14.9. The molecule has 0 bridgehead atoms. The lowest BCUT2D eigenvalue weighted by molar-refractivity contribution is -0.661. The van der Waals surface area contributed by atoms with Crippen molar-refractivity contribution < 1.29 is 70.8 Å². The lowest BCUT2D eigenvalue weighted by Gasteiger charge is -2.28. The molecule has 0 spiro atoms. The molecule has 17 rings (SSSR count). The molecule has 5 heterocycles. The first kappa shape index (κ1) is 60.1. The highest BCUT2D eigenvalue weighted by Gasteiger charge is 2.30. The van der Waals surface area contributed by atoms with Gasteiger partial charge in [0.25, 0.3) is 0 Å². The van der Waals surface area contributed by atoms with Gasteiger partial charge in [-0.05, 0) is 340 Å². The van der Waals surface area contributed by atoms with Crippen molar-refractivity contribution in [3.63, 3.8) is 0 Å². The van der Waals surface area contributed by atoms with Crippen molar-refractivity contribution in [2.45, 2.75) is 227 Å². The Morgan fingerprint density at radius 1 is 0.298 bits per heavy atom. The molecule has 1 unspecified atom stereocenters. The minimum atomic E-state index is -2.47. The van der Waals surface area contributed by atoms with Crippen LogP contribution >= 0.6 is 0 Å². The van der Waals surface area contributed by atoms with Gasteiger partial charge in [0.2, 0.25) is 28.5 Å². The summed E-state index contributed by atoms with van der Waals surface area (Å²) in [7, 11) is 9.11. The third kappa shape index (κ3) is 22.9. The Bertz CT molecular complexity index is 7930. The van der Waals surface area contributed by atoms with Crippen LogP contribution < -0.4 is 22.8 Å². The van der Waals surface area contributed by atoms with Gasteiger partial charge >= 0.3 is 0 Å². The van der Waals surface area contributed by atoms with E-state index in [1.54, 1.807) is 166 Å². The maximum atomic E-state index is 9.22. The predicted octanol–water partition coefficient (Wildman–Crippen LogP) is 30.9. The lowest BCUT2D eigenvalue weighted by atomic mass is 9.76. The van der Waals surface area contributed by atoms with Gasteiger partial charge in [0, 0.05) is 134 Å². The van der Waals surface area contributed by atoms with Gasteiger partial charge in [-0.15, -0.1) is 0 Å². The number of aryl methyl sites for hydroxylation is 20. The molecule has 0 amide bonds. The van der Waals surface area contributed by atoms with Gasteiger partial charge in [-0.1, -0.05) is 250 Å². The summed E-state index contributed by atoms with van der Waals surface area (Å²) in [5, 5.41) is 0. The highest BCUT2D eigenvalue weighted by molar-refractivity contribution is 5.81. The summed E-state index contributed by atoms with van der Waals surface area (Å²) in [6.07, 6.45) is 13.8. The SMILES string of the molecule is [2H]C([2H])([2H])c1ccccc1-c1cc(-c2cccc[n+]2C)c(C)cc1C([2H])([2H])[2H].[2H]C([2H])([2H])c1ccccc1-c1ccc(C)c(-c2cc(C([2H])(C)C(C)(C)C)c(C([2H])([2H])[2H])c[n+]2C)c1.[2H]C([2H])([2H])c1ccccc1-c1ccc(C)c(-c2cc(C([2H])([2H])C(C)C)c(C([2H])([2H])[2H])c[n+]2C)c1.[2H]C([2H])([2H])c1ccccc1-c1ccc(C)c(-c2cc(C3([2H])CCCC3)c(C([2H])([2H])[2H])c[n+]2C)c1.[2H]C([2H])([2H])c1ccccc1-c1ccc(C)c(-c2cc(C3([2H])CCCCC3)c(C([2H])([2H])[2H])c[n+]2C)c1. The minimum absolute atomic E-state index is 0.0148. The summed E-state index contributed by atoms with van der Waals surface area (Å²) >= 11 is 0. The highest BCUT2D eigenvalue weighted by Crippen LogP contribution is 2.43. The van der Waals surface area contributed by atoms with Crippen LogP contribution in [-0.4, -0.2) is 0 Å². The van der Waals surface area contributed by atoms with E-state index in [9.17, 15) is 2.74 Å². The molecule has 1 atom stereocenters. The number of aromatic nitrogens is 5. The van der Waals surface area contributed by atoms with Gasteiger partial charge in [0.05, 0.1) is 0 Å². The maximum absolute atomic E-state index is 9.22. The van der Waals surface area contributed by atoms with Crippen LogP contribution in [0, 0.1) is 114 Å². The zero-order valence-electron chi connectivity index (χ0n) is 114. The number of rotatable bonds is 15. The number of hydrogen-bond acceptors (Lipinski definition) is 0. The molecule has 5 nitrogen and oxygen atoms in total. The van der Waals surface area contributed by atoms with Crippen molar-refractivity contribution in [1.82, 2.24) is 0 Å². The van der Waals surface area contributed by atoms with E-state index in [0.29, 0.717) is 92.6 Å². The van der Waals surface area contributed by atoms with Crippen LogP contribution in [-0.2, 0) is 41.6 Å². The van der Waals surface area contributed by atoms with Crippen LogP contribution in [0.15, 0.2) is 280 Å². The van der Waals surface area contributed by atoms with Crippen LogP contribution in [0.3, 0.4) is 0 Å². The van der Waals surface area contributed by atoms with Gasteiger partial charge in [0.15, 0.2) is 31.0 Å². The monoisotopic (exact) mass is 1770 g/mol. The van der Waals surface area contributed by atoms with Crippen molar-refractivity contribution in [2.75, 3.05) is 0 Å². The number of benzene rings is 10. The van der Waals surface area contributed by atoms with Crippen LogP contribution in [0.5, 0.6) is 0 Å². The molecule has 2 aliphatic rings. The van der Waals surface area contributed by atoms with Gasteiger partial charge in [-0.25, -0.2) is 22.8 Å². The number of nitrogens with zero attached hydrogens (tertiary/aromatic N) is 5. The summed E-state index contributed by atoms with van der Waals surface area (Å²) in [6, 6.07) is 74.1. The molecule has 2 fully saturated rings. The average Bonchev–Trinajstić information content (AvgIpc) is 0.847. The largest absolute Gasteiger partial charge is 0.212 e. The molecule has 10 aromatic carbocycles. The Kier molecular flexibility index (Phi) is 19.7. The summed E-state index contributed by atoms with van der Waals surface area (Å²) in [5.74, 6) is -3.44. The standard InChI is InChI=1S/C27H32N.C27H34N.C26H30N.C25H30N.C21H22N/c1-19-10-8-9-13-24(19)23-15-14-20(2)26(16-23)27-17-25(21(3)18-28(27)4)22-11-6-5-7-12-22;1-18-11-9-10-12-23(18)22-14-13-19(2)25(15-22)26-16-24(20(3)17-28(26)8)21(4)27(5,6)7;1-18-9-5-8-12-23(18)22-14-13-19(2)25(15-22)26-16-24(20(3)17-27(26)4)21-10-6-7-11-21;1-17(2)13-22-15-25(26(6)16-20(22)5)24-14-21(12-11-19(24)4)23-10-8-7-9-18(23)3;1-15-9-5-6-10-18(15)19-14-20(17(3)13-16(19)2)21-11-7-8-12-22(21)4/h8-10,13-18,22H,5-7,11-12H2,1-4H3;9-17,21H,1-8H3;5,8-9,12-17,21H,6-7,10-11H2,1-4H3;7-12,14-17H,13H2,1-6H3;5-14H,1-4H3/q5*+1/i1D3,3D3,22D;2*1D3,3D3,21D;3D3,5D3,13D2;1D3,2D3. The van der Waals surface area contributed by atoms with E-state index in [1.165, 1.54) is 12.3 Å². The summed E-state index contributed by atoms with van der Waals surface area (Å²) in [4.78, 5) is 0. The molecule has 0 aliphatic heterocycles. The number of pyridine rings is 5. The van der Waals surface area contributed by atoms with Gasteiger partial charge in [-0.2, -0.15) is 0 Å². The second-order valence-electron chi connectivity index (χ2n) is 36.3. The molecular formula is C126H148N5+5. The van der Waals surface area contributed by atoms with Crippen LogP contribution in [0.1, 0.15) is 271 Å². The summed E-state index contributed by atoms with van der Waals surface area (Å²) in [5.41, 5.74) is 22.7. The van der Waals surface area contributed by atoms with Crippen LogP contribution in [0.2, 0.25) is 0 Å². The smallest absolute Gasteiger partial charge is 0.201 e. The molecule has 15 aromatic rings. The van der Waals surface area contributed by atoms with E-state index >= 15 is 0 Å². The molecule has 5 aromatic heterocycles. The Morgan fingerprint density at radius 2 is 0.626 bits per heavy atom. The minimum Gasteiger partial charge on any atom is -0.201 e. The fourth-order valence-electron chi connectivity index (χ4n) is 17.6. The first-order chi connectivity index (χ1) is 76.5. The van der Waals surface area contributed by atoms with E-state index in [1.807, 2.05) is 236 Å². The van der Waals surface area contributed by atoms with E-state index in [-0.39, 0.29) is 50.1 Å². The van der Waals surface area contributed by atoms with E-state index in [0.717, 1.165) is 133 Å². The van der Waals surface area contributed by atoms with E-state index in [4.69, 9.17) is 45.2 Å². The van der Waals surface area contributed by atoms with Crippen LogP contribution in [0.4, 0.5) is 0 Å². The van der Waals surface area contributed by atoms with Gasteiger partial charge in [0.1, 0.15) is 35.2 Å². The van der Waals surface area contributed by atoms with E-state index < -0.39 is 104 Å². The molecule has 5 heteroatoms. The van der Waals surface area contributed by atoms with Crippen molar-refractivity contribution >= 4 is 0 Å². The molecule has 2 aliphatic carbocycles.